The van der Waals surface area contributed by atoms with E-state index >= 15 is 0 Å². The topological polar surface area (TPSA) is 150 Å². The molecule has 4 amide bonds. The standard InChI is InChI=1S/C23H27N5O6/c1-34-9-8-25-23(33)26-17-5-2-6-18(11-17)28-14-16(10-20(28)29)22(32)27-19(12-21(30)31)15-4-3-7-24-13-15/h2-7,11,13,16,19H,8-10,12,14H2,1H3,(H,27,32)(H,30,31)(H2,25,26,33). The van der Waals surface area contributed by atoms with E-state index in [0.717, 1.165) is 0 Å². The smallest absolute Gasteiger partial charge is 0.319 e. The normalized spacial score (nSPS) is 16.1. The molecule has 2 atom stereocenters. The van der Waals surface area contributed by atoms with E-state index in [1.807, 2.05) is 0 Å². The van der Waals surface area contributed by atoms with Crippen LogP contribution in [0.5, 0.6) is 0 Å². The lowest BCUT2D eigenvalue weighted by Crippen LogP contribution is -2.36. The van der Waals surface area contributed by atoms with Crippen LogP contribution in [-0.2, 0) is 19.1 Å². The number of carbonyl (C=O) groups is 4. The second-order valence-corrected chi connectivity index (χ2v) is 7.77. The third kappa shape index (κ3) is 6.75. The van der Waals surface area contributed by atoms with Crippen LogP contribution in [0.4, 0.5) is 16.2 Å². The first-order valence-electron chi connectivity index (χ1n) is 10.7. The van der Waals surface area contributed by atoms with Gasteiger partial charge in [-0.1, -0.05) is 12.1 Å². The highest BCUT2D eigenvalue weighted by atomic mass is 16.5. The summed E-state index contributed by atoms with van der Waals surface area (Å²) >= 11 is 0. The summed E-state index contributed by atoms with van der Waals surface area (Å²) in [7, 11) is 1.54. The molecule has 11 heteroatoms. The van der Waals surface area contributed by atoms with Crippen molar-refractivity contribution < 1.29 is 29.0 Å². The van der Waals surface area contributed by atoms with Crippen LogP contribution < -0.4 is 20.9 Å². The van der Waals surface area contributed by atoms with Crippen molar-refractivity contribution in [1.82, 2.24) is 15.6 Å². The summed E-state index contributed by atoms with van der Waals surface area (Å²) < 4.78 is 4.89. The van der Waals surface area contributed by atoms with Gasteiger partial charge in [-0.2, -0.15) is 0 Å². The highest BCUT2D eigenvalue weighted by molar-refractivity contribution is 6.01. The number of rotatable bonds is 10. The van der Waals surface area contributed by atoms with Crippen LogP contribution >= 0.6 is 0 Å². The SMILES string of the molecule is COCCNC(=O)Nc1cccc(N2CC(C(=O)NC(CC(=O)O)c3cccnc3)CC2=O)c1. The molecule has 3 rings (SSSR count). The number of carboxylic acids is 1. The third-order valence-electron chi connectivity index (χ3n) is 5.29. The Morgan fingerprint density at radius 3 is 2.79 bits per heavy atom. The number of hydrogen-bond acceptors (Lipinski definition) is 6. The van der Waals surface area contributed by atoms with Crippen molar-refractivity contribution in [3.63, 3.8) is 0 Å². The number of carboxylic acid groups (broad SMARTS) is 1. The molecule has 1 saturated heterocycles. The lowest BCUT2D eigenvalue weighted by atomic mass is 10.0. The van der Waals surface area contributed by atoms with E-state index in [0.29, 0.717) is 30.1 Å². The molecule has 0 aliphatic carbocycles. The Morgan fingerprint density at radius 1 is 1.26 bits per heavy atom. The molecule has 1 aromatic heterocycles. The van der Waals surface area contributed by atoms with E-state index in [1.54, 1.807) is 42.6 Å². The Morgan fingerprint density at radius 2 is 2.09 bits per heavy atom. The van der Waals surface area contributed by atoms with Gasteiger partial charge in [-0.25, -0.2) is 4.79 Å². The van der Waals surface area contributed by atoms with Crippen LogP contribution in [0.2, 0.25) is 0 Å². The van der Waals surface area contributed by atoms with Crippen LogP contribution in [0.1, 0.15) is 24.4 Å². The Labute approximate surface area is 196 Å². The fourth-order valence-electron chi connectivity index (χ4n) is 3.62. The zero-order valence-electron chi connectivity index (χ0n) is 18.7. The minimum absolute atomic E-state index is 0.00613. The Bertz CT molecular complexity index is 1030. The number of nitrogens with zero attached hydrogens (tertiary/aromatic N) is 2. The Kier molecular flexibility index (Phi) is 8.52. The van der Waals surface area contributed by atoms with Crippen molar-refractivity contribution >= 4 is 35.2 Å². The number of hydrogen-bond donors (Lipinski definition) is 4. The summed E-state index contributed by atoms with van der Waals surface area (Å²) in [5.74, 6) is -2.35. The van der Waals surface area contributed by atoms with E-state index in [9.17, 15) is 24.3 Å². The molecule has 4 N–H and O–H groups in total. The molecule has 11 nitrogen and oxygen atoms in total. The van der Waals surface area contributed by atoms with Gasteiger partial charge < -0.3 is 30.7 Å². The van der Waals surface area contributed by atoms with E-state index in [2.05, 4.69) is 20.9 Å². The average Bonchev–Trinajstić information content (AvgIpc) is 3.21. The summed E-state index contributed by atoms with van der Waals surface area (Å²) in [5.41, 5.74) is 1.61. The Hall–Kier alpha value is -3.99. The van der Waals surface area contributed by atoms with Crippen molar-refractivity contribution in [2.45, 2.75) is 18.9 Å². The summed E-state index contributed by atoms with van der Waals surface area (Å²) in [4.78, 5) is 54.3. The maximum absolute atomic E-state index is 12.9. The van der Waals surface area contributed by atoms with Gasteiger partial charge >= 0.3 is 12.0 Å². The molecule has 1 fully saturated rings. The molecule has 1 aliphatic rings. The van der Waals surface area contributed by atoms with E-state index < -0.39 is 29.9 Å². The van der Waals surface area contributed by atoms with Crippen molar-refractivity contribution in [1.29, 1.82) is 0 Å². The predicted molar refractivity (Wildman–Crippen MR) is 123 cm³/mol. The monoisotopic (exact) mass is 469 g/mol. The number of pyridine rings is 1. The van der Waals surface area contributed by atoms with Crippen LogP contribution in [-0.4, -0.2) is 60.7 Å². The summed E-state index contributed by atoms with van der Waals surface area (Å²) in [6, 6.07) is 8.95. The van der Waals surface area contributed by atoms with Gasteiger partial charge in [-0.15, -0.1) is 0 Å². The number of aromatic nitrogens is 1. The molecule has 0 saturated carbocycles. The molecule has 0 bridgehead atoms. The number of benzene rings is 1. The van der Waals surface area contributed by atoms with Gasteiger partial charge in [-0.05, 0) is 29.8 Å². The highest BCUT2D eigenvalue weighted by Gasteiger charge is 2.36. The van der Waals surface area contributed by atoms with E-state index in [4.69, 9.17) is 4.74 Å². The molecule has 1 aromatic carbocycles. The number of carbonyl (C=O) groups excluding carboxylic acids is 3. The van der Waals surface area contributed by atoms with Crippen LogP contribution in [0.3, 0.4) is 0 Å². The number of nitrogens with one attached hydrogen (secondary N) is 3. The molecule has 0 radical (unpaired) electrons. The quantitative estimate of drug-likeness (QED) is 0.385. The van der Waals surface area contributed by atoms with Gasteiger partial charge in [0.2, 0.25) is 11.8 Å². The number of anilines is 2. The lowest BCUT2D eigenvalue weighted by Gasteiger charge is -2.20. The zero-order chi connectivity index (χ0) is 24.5. The van der Waals surface area contributed by atoms with Gasteiger partial charge in [0, 0.05) is 50.4 Å². The van der Waals surface area contributed by atoms with E-state index in [-0.39, 0.29) is 25.3 Å². The van der Waals surface area contributed by atoms with Crippen LogP contribution in [0, 0.1) is 5.92 Å². The highest BCUT2D eigenvalue weighted by Crippen LogP contribution is 2.28. The minimum Gasteiger partial charge on any atom is -0.481 e. The molecule has 34 heavy (non-hydrogen) atoms. The fraction of sp³-hybridized carbons (Fsp3) is 0.348. The van der Waals surface area contributed by atoms with Gasteiger partial charge in [0.1, 0.15) is 0 Å². The molecular formula is C23H27N5O6. The fourth-order valence-corrected chi connectivity index (χ4v) is 3.62. The van der Waals surface area contributed by atoms with Crippen molar-refractivity contribution in [2.24, 2.45) is 5.92 Å². The van der Waals surface area contributed by atoms with Crippen LogP contribution in [0.25, 0.3) is 0 Å². The molecule has 2 aromatic rings. The Balaban J connectivity index is 1.64. The zero-order valence-corrected chi connectivity index (χ0v) is 18.7. The number of aliphatic carboxylic acids is 1. The number of ether oxygens (including phenoxy) is 1. The number of urea groups is 1. The van der Waals surface area contributed by atoms with Gasteiger partial charge in [0.05, 0.1) is 25.0 Å². The van der Waals surface area contributed by atoms with Gasteiger partial charge in [0.15, 0.2) is 0 Å². The maximum atomic E-state index is 12.9. The number of methoxy groups -OCH3 is 1. The second-order valence-electron chi connectivity index (χ2n) is 7.77. The third-order valence-corrected chi connectivity index (χ3v) is 5.29. The molecule has 1 aliphatic heterocycles. The first-order chi connectivity index (χ1) is 16.4. The minimum atomic E-state index is -1.06. The lowest BCUT2D eigenvalue weighted by molar-refractivity contribution is -0.138. The summed E-state index contributed by atoms with van der Waals surface area (Å²) in [6.45, 7) is 0.875. The molecular weight excluding hydrogens is 442 g/mol. The maximum Gasteiger partial charge on any atom is 0.319 e. The van der Waals surface area contributed by atoms with Crippen molar-refractivity contribution in [2.75, 3.05) is 37.0 Å². The van der Waals surface area contributed by atoms with Gasteiger partial charge in [0.25, 0.3) is 0 Å². The molecule has 2 unspecified atom stereocenters. The van der Waals surface area contributed by atoms with Crippen LogP contribution in [0.15, 0.2) is 48.8 Å². The summed E-state index contributed by atoms with van der Waals surface area (Å²) in [5, 5.41) is 17.3. The van der Waals surface area contributed by atoms with Gasteiger partial charge in [-0.3, -0.25) is 19.4 Å². The average molecular weight is 469 g/mol. The van der Waals surface area contributed by atoms with E-state index in [1.165, 1.54) is 18.2 Å². The molecule has 0 spiro atoms. The van der Waals surface area contributed by atoms with Crippen molar-refractivity contribution in [3.05, 3.63) is 54.4 Å². The largest absolute Gasteiger partial charge is 0.481 e. The second kappa shape index (κ2) is 11.8. The molecule has 180 valence electrons. The molecule has 2 heterocycles. The summed E-state index contributed by atoms with van der Waals surface area (Å²) in [6.07, 6.45) is 2.75. The van der Waals surface area contributed by atoms with Crippen molar-refractivity contribution in [3.8, 4) is 0 Å². The first-order valence-corrected chi connectivity index (χ1v) is 10.7. The first kappa shape index (κ1) is 24.6. The predicted octanol–water partition coefficient (Wildman–Crippen LogP) is 1.53. The number of amides is 4.